The molecule has 0 spiro atoms. The Hall–Kier alpha value is 0. The third-order valence-corrected chi connectivity index (χ3v) is 3.53. The molecule has 1 aliphatic rings. The third kappa shape index (κ3) is 2.80. The van der Waals surface area contributed by atoms with Gasteiger partial charge in [0.05, 0.1) is 0 Å². The predicted octanol–water partition coefficient (Wildman–Crippen LogP) is 4.10. The van der Waals surface area contributed by atoms with Gasteiger partial charge in [0.15, 0.2) is 0 Å². The third-order valence-electron chi connectivity index (χ3n) is 3.53. The summed E-state index contributed by atoms with van der Waals surface area (Å²) >= 11 is 0. The van der Waals surface area contributed by atoms with Crippen LogP contribution in [-0.4, -0.2) is 0 Å². The molecule has 0 aliphatic heterocycles. The zero-order valence-corrected chi connectivity index (χ0v) is 9.14. The standard InChI is InChI=1S/C12H24/c1-9(2)5-6-12-7-10(3)11(4)8-12/h9-12H,5-8H2,1-4H3. The maximum Gasteiger partial charge on any atom is -0.0409 e. The average Bonchev–Trinajstić information content (AvgIpc) is 2.28. The average molecular weight is 168 g/mol. The molecule has 0 radical (unpaired) electrons. The van der Waals surface area contributed by atoms with Gasteiger partial charge in [0.2, 0.25) is 0 Å². The van der Waals surface area contributed by atoms with E-state index in [0.29, 0.717) is 0 Å². The number of hydrogen-bond donors (Lipinski definition) is 0. The Morgan fingerprint density at radius 2 is 1.58 bits per heavy atom. The van der Waals surface area contributed by atoms with E-state index in [-0.39, 0.29) is 0 Å². The van der Waals surface area contributed by atoms with Gasteiger partial charge in [-0.3, -0.25) is 0 Å². The van der Waals surface area contributed by atoms with Gasteiger partial charge in [0.25, 0.3) is 0 Å². The van der Waals surface area contributed by atoms with Gasteiger partial charge in [-0.25, -0.2) is 0 Å². The fourth-order valence-electron chi connectivity index (χ4n) is 2.42. The Kier molecular flexibility index (Phi) is 3.61. The van der Waals surface area contributed by atoms with E-state index >= 15 is 0 Å². The number of hydrogen-bond acceptors (Lipinski definition) is 0. The SMILES string of the molecule is CC(C)CCC1CC(C)C(C)C1. The van der Waals surface area contributed by atoms with E-state index in [2.05, 4.69) is 27.7 Å². The first kappa shape index (κ1) is 10.1. The van der Waals surface area contributed by atoms with Crippen molar-refractivity contribution in [2.24, 2.45) is 23.7 Å². The summed E-state index contributed by atoms with van der Waals surface area (Å²) in [5, 5.41) is 0. The Morgan fingerprint density at radius 1 is 1.08 bits per heavy atom. The highest BCUT2D eigenvalue weighted by atomic mass is 14.3. The van der Waals surface area contributed by atoms with Crippen LogP contribution >= 0.6 is 0 Å². The van der Waals surface area contributed by atoms with Gasteiger partial charge in [-0.1, -0.05) is 40.5 Å². The molecule has 0 aromatic rings. The molecule has 1 fully saturated rings. The van der Waals surface area contributed by atoms with Gasteiger partial charge < -0.3 is 0 Å². The van der Waals surface area contributed by atoms with Crippen molar-refractivity contribution in [3.63, 3.8) is 0 Å². The van der Waals surface area contributed by atoms with Gasteiger partial charge in [0.1, 0.15) is 0 Å². The molecule has 1 saturated carbocycles. The van der Waals surface area contributed by atoms with E-state index in [4.69, 9.17) is 0 Å². The van der Waals surface area contributed by atoms with E-state index in [9.17, 15) is 0 Å². The molecular weight excluding hydrogens is 144 g/mol. The Bertz CT molecular complexity index is 116. The summed E-state index contributed by atoms with van der Waals surface area (Å²) in [7, 11) is 0. The molecule has 0 amide bonds. The fourth-order valence-corrected chi connectivity index (χ4v) is 2.42. The Balaban J connectivity index is 2.19. The first-order valence-electron chi connectivity index (χ1n) is 5.59. The highest BCUT2D eigenvalue weighted by Crippen LogP contribution is 2.38. The smallest absolute Gasteiger partial charge is 0.0409 e. The van der Waals surface area contributed by atoms with Crippen LogP contribution in [0.4, 0.5) is 0 Å². The van der Waals surface area contributed by atoms with E-state index in [0.717, 1.165) is 23.7 Å². The lowest BCUT2D eigenvalue weighted by Crippen LogP contribution is -1.97. The molecule has 0 aromatic heterocycles. The molecule has 0 N–H and O–H groups in total. The van der Waals surface area contributed by atoms with Crippen LogP contribution < -0.4 is 0 Å². The summed E-state index contributed by atoms with van der Waals surface area (Å²) in [4.78, 5) is 0. The van der Waals surface area contributed by atoms with E-state index < -0.39 is 0 Å². The maximum absolute atomic E-state index is 2.42. The second kappa shape index (κ2) is 4.30. The highest BCUT2D eigenvalue weighted by molar-refractivity contribution is 4.78. The van der Waals surface area contributed by atoms with Gasteiger partial charge in [-0.2, -0.15) is 0 Å². The molecule has 12 heavy (non-hydrogen) atoms. The second-order valence-electron chi connectivity index (χ2n) is 5.26. The van der Waals surface area contributed by atoms with Crippen molar-refractivity contribution in [1.29, 1.82) is 0 Å². The van der Waals surface area contributed by atoms with Crippen LogP contribution in [0.25, 0.3) is 0 Å². The maximum atomic E-state index is 2.42. The van der Waals surface area contributed by atoms with E-state index in [1.54, 1.807) is 0 Å². The van der Waals surface area contributed by atoms with Crippen molar-refractivity contribution in [3.05, 3.63) is 0 Å². The van der Waals surface area contributed by atoms with Gasteiger partial charge >= 0.3 is 0 Å². The summed E-state index contributed by atoms with van der Waals surface area (Å²) in [6.45, 7) is 9.50. The van der Waals surface area contributed by atoms with Crippen LogP contribution in [0.1, 0.15) is 53.4 Å². The molecule has 0 aromatic carbocycles. The van der Waals surface area contributed by atoms with Crippen molar-refractivity contribution in [2.45, 2.75) is 53.4 Å². The summed E-state index contributed by atoms with van der Waals surface area (Å²) < 4.78 is 0. The molecule has 0 bridgehead atoms. The second-order valence-corrected chi connectivity index (χ2v) is 5.26. The molecule has 1 aliphatic carbocycles. The summed E-state index contributed by atoms with van der Waals surface area (Å²) in [5.41, 5.74) is 0. The lowest BCUT2D eigenvalue weighted by molar-refractivity contribution is 0.420. The quantitative estimate of drug-likeness (QED) is 0.595. The van der Waals surface area contributed by atoms with E-state index in [1.807, 2.05) is 0 Å². The first-order valence-corrected chi connectivity index (χ1v) is 5.59. The molecule has 2 atom stereocenters. The minimum absolute atomic E-state index is 0.899. The molecule has 0 heteroatoms. The monoisotopic (exact) mass is 168 g/mol. The predicted molar refractivity (Wildman–Crippen MR) is 55.1 cm³/mol. The molecule has 0 saturated heterocycles. The van der Waals surface area contributed by atoms with Gasteiger partial charge in [-0.15, -0.1) is 0 Å². The largest absolute Gasteiger partial charge is 0.0628 e. The van der Waals surface area contributed by atoms with Gasteiger partial charge in [0, 0.05) is 0 Å². The molecule has 1 rings (SSSR count). The van der Waals surface area contributed by atoms with Crippen molar-refractivity contribution in [2.75, 3.05) is 0 Å². The van der Waals surface area contributed by atoms with E-state index in [1.165, 1.54) is 25.7 Å². The lowest BCUT2D eigenvalue weighted by Gasteiger charge is -2.10. The normalized spacial score (nSPS) is 36.2. The van der Waals surface area contributed by atoms with Crippen molar-refractivity contribution >= 4 is 0 Å². The minimum Gasteiger partial charge on any atom is -0.0628 e. The molecule has 0 nitrogen and oxygen atoms in total. The van der Waals surface area contributed by atoms with Crippen LogP contribution in [0, 0.1) is 23.7 Å². The Morgan fingerprint density at radius 3 is 2.00 bits per heavy atom. The topological polar surface area (TPSA) is 0 Å². The summed E-state index contributed by atoms with van der Waals surface area (Å²) in [6, 6.07) is 0. The molecule has 2 unspecified atom stereocenters. The lowest BCUT2D eigenvalue weighted by atomic mass is 9.96. The highest BCUT2D eigenvalue weighted by Gasteiger charge is 2.27. The minimum atomic E-state index is 0.899. The summed E-state index contributed by atoms with van der Waals surface area (Å²) in [5.74, 6) is 3.93. The van der Waals surface area contributed by atoms with Crippen molar-refractivity contribution in [1.82, 2.24) is 0 Å². The first-order chi connectivity index (χ1) is 5.59. The summed E-state index contributed by atoms with van der Waals surface area (Å²) in [6.07, 6.45) is 5.90. The molecule has 72 valence electrons. The Labute approximate surface area is 77.7 Å². The molecule has 0 heterocycles. The van der Waals surface area contributed by atoms with Crippen molar-refractivity contribution < 1.29 is 0 Å². The zero-order valence-electron chi connectivity index (χ0n) is 9.14. The molecular formula is C12H24. The van der Waals surface area contributed by atoms with Gasteiger partial charge in [-0.05, 0) is 36.5 Å². The van der Waals surface area contributed by atoms with Crippen LogP contribution in [0.3, 0.4) is 0 Å². The van der Waals surface area contributed by atoms with Crippen LogP contribution in [0.2, 0.25) is 0 Å². The van der Waals surface area contributed by atoms with Crippen LogP contribution in [0.5, 0.6) is 0 Å². The zero-order chi connectivity index (χ0) is 9.14. The number of rotatable bonds is 3. The fraction of sp³-hybridized carbons (Fsp3) is 1.00. The van der Waals surface area contributed by atoms with Crippen LogP contribution in [-0.2, 0) is 0 Å². The van der Waals surface area contributed by atoms with Crippen LogP contribution in [0.15, 0.2) is 0 Å². The van der Waals surface area contributed by atoms with Crippen molar-refractivity contribution in [3.8, 4) is 0 Å².